The molecule has 86 valence electrons. The zero-order valence-electron chi connectivity index (χ0n) is 10.5. The van der Waals surface area contributed by atoms with E-state index in [1.165, 1.54) is 18.6 Å². The van der Waals surface area contributed by atoms with Crippen LogP contribution in [0.25, 0.3) is 0 Å². The highest BCUT2D eigenvalue weighted by molar-refractivity contribution is 7.99. The van der Waals surface area contributed by atoms with Gasteiger partial charge in [-0.05, 0) is 25.3 Å². The van der Waals surface area contributed by atoms with Crippen LogP contribution < -0.4 is 5.32 Å². The third kappa shape index (κ3) is 7.69. The maximum atomic E-state index is 3.57. The Balaban J connectivity index is 3.72. The molecule has 0 spiro atoms. The Hall–Kier alpha value is 0.310. The van der Waals surface area contributed by atoms with Gasteiger partial charge < -0.3 is 5.32 Å². The molecule has 0 fully saturated rings. The number of hydrogen-bond acceptors (Lipinski definition) is 2. The summed E-state index contributed by atoms with van der Waals surface area (Å²) in [6.45, 7) is 12.5. The third-order valence-electron chi connectivity index (χ3n) is 2.41. The van der Waals surface area contributed by atoms with Crippen molar-refractivity contribution in [3.05, 3.63) is 0 Å². The van der Waals surface area contributed by atoms with Crippen LogP contribution in [0.1, 0.15) is 47.5 Å². The van der Waals surface area contributed by atoms with Gasteiger partial charge in [0.15, 0.2) is 0 Å². The molecular weight excluding hydrogens is 190 g/mol. The molecule has 0 radical (unpaired) electrons. The molecule has 1 N–H and O–H groups in total. The Morgan fingerprint density at radius 1 is 1.14 bits per heavy atom. The van der Waals surface area contributed by atoms with Crippen molar-refractivity contribution in [2.45, 2.75) is 58.8 Å². The fraction of sp³-hybridized carbons (Fsp3) is 1.00. The average molecular weight is 217 g/mol. The van der Waals surface area contributed by atoms with Gasteiger partial charge in [-0.1, -0.05) is 34.6 Å². The summed E-state index contributed by atoms with van der Waals surface area (Å²) < 4.78 is 0. The second-order valence-electron chi connectivity index (χ2n) is 4.44. The summed E-state index contributed by atoms with van der Waals surface area (Å²) in [6.07, 6.45) is 2.59. The van der Waals surface area contributed by atoms with Crippen LogP contribution in [-0.4, -0.2) is 23.6 Å². The van der Waals surface area contributed by atoms with Crippen molar-refractivity contribution >= 4 is 11.8 Å². The zero-order chi connectivity index (χ0) is 11.0. The monoisotopic (exact) mass is 217 g/mol. The van der Waals surface area contributed by atoms with Crippen molar-refractivity contribution in [1.29, 1.82) is 0 Å². The van der Waals surface area contributed by atoms with E-state index in [0.29, 0.717) is 6.04 Å². The first-order valence-electron chi connectivity index (χ1n) is 5.95. The van der Waals surface area contributed by atoms with Crippen molar-refractivity contribution in [2.75, 3.05) is 12.3 Å². The molecule has 0 bridgehead atoms. The second kappa shape index (κ2) is 8.60. The van der Waals surface area contributed by atoms with E-state index in [-0.39, 0.29) is 0 Å². The van der Waals surface area contributed by atoms with Gasteiger partial charge in [0.1, 0.15) is 0 Å². The van der Waals surface area contributed by atoms with Crippen molar-refractivity contribution in [3.8, 4) is 0 Å². The Kier molecular flexibility index (Phi) is 8.80. The van der Waals surface area contributed by atoms with Gasteiger partial charge in [0, 0.05) is 17.0 Å². The van der Waals surface area contributed by atoms with Gasteiger partial charge in [-0.3, -0.25) is 0 Å². The highest BCUT2D eigenvalue weighted by atomic mass is 32.2. The van der Waals surface area contributed by atoms with Crippen LogP contribution in [0.2, 0.25) is 0 Å². The molecule has 0 aromatic heterocycles. The summed E-state index contributed by atoms with van der Waals surface area (Å²) in [6, 6.07) is 0.707. The molecule has 0 aromatic rings. The van der Waals surface area contributed by atoms with Crippen molar-refractivity contribution in [2.24, 2.45) is 5.92 Å². The van der Waals surface area contributed by atoms with Gasteiger partial charge in [-0.2, -0.15) is 11.8 Å². The lowest BCUT2D eigenvalue weighted by atomic mass is 10.1. The minimum atomic E-state index is 0.707. The highest BCUT2D eigenvalue weighted by Crippen LogP contribution is 2.17. The van der Waals surface area contributed by atoms with E-state index in [2.05, 4.69) is 51.7 Å². The van der Waals surface area contributed by atoms with E-state index in [9.17, 15) is 0 Å². The first-order valence-corrected chi connectivity index (χ1v) is 6.99. The number of hydrogen-bond donors (Lipinski definition) is 1. The van der Waals surface area contributed by atoms with Crippen LogP contribution >= 0.6 is 11.8 Å². The molecule has 0 aliphatic heterocycles. The van der Waals surface area contributed by atoms with E-state index in [1.54, 1.807) is 0 Å². The van der Waals surface area contributed by atoms with Gasteiger partial charge in [0.2, 0.25) is 0 Å². The maximum absolute atomic E-state index is 3.57. The smallest absolute Gasteiger partial charge is 0.0160 e. The van der Waals surface area contributed by atoms with Gasteiger partial charge in [0.05, 0.1) is 0 Å². The Morgan fingerprint density at radius 2 is 1.79 bits per heavy atom. The van der Waals surface area contributed by atoms with E-state index in [4.69, 9.17) is 0 Å². The van der Waals surface area contributed by atoms with Crippen LogP contribution in [0.5, 0.6) is 0 Å². The Morgan fingerprint density at radius 3 is 2.21 bits per heavy atom. The predicted molar refractivity (Wildman–Crippen MR) is 69.1 cm³/mol. The molecule has 0 aliphatic carbocycles. The molecule has 14 heavy (non-hydrogen) atoms. The summed E-state index contributed by atoms with van der Waals surface area (Å²) in [4.78, 5) is 0. The molecule has 0 saturated heterocycles. The molecule has 0 aromatic carbocycles. The molecule has 2 unspecified atom stereocenters. The summed E-state index contributed by atoms with van der Waals surface area (Å²) in [5, 5.41) is 4.38. The van der Waals surface area contributed by atoms with Crippen LogP contribution in [0.3, 0.4) is 0 Å². The fourth-order valence-electron chi connectivity index (χ4n) is 1.47. The molecule has 2 heteroatoms. The number of nitrogens with one attached hydrogen (secondary N) is 1. The number of thioether (sulfide) groups is 1. The van der Waals surface area contributed by atoms with Crippen LogP contribution in [0.15, 0.2) is 0 Å². The second-order valence-corrected chi connectivity index (χ2v) is 5.91. The third-order valence-corrected chi connectivity index (χ3v) is 3.90. The minimum absolute atomic E-state index is 0.707. The first kappa shape index (κ1) is 14.3. The van der Waals surface area contributed by atoms with Crippen molar-refractivity contribution in [1.82, 2.24) is 5.32 Å². The average Bonchev–Trinajstić information content (AvgIpc) is 2.13. The quantitative estimate of drug-likeness (QED) is 0.667. The number of rotatable bonds is 8. The van der Waals surface area contributed by atoms with Crippen LogP contribution in [0.4, 0.5) is 0 Å². The van der Waals surface area contributed by atoms with E-state index in [0.717, 1.165) is 17.7 Å². The minimum Gasteiger partial charge on any atom is -0.313 e. The molecule has 0 heterocycles. The van der Waals surface area contributed by atoms with Gasteiger partial charge in [-0.25, -0.2) is 0 Å². The lowest BCUT2D eigenvalue weighted by Gasteiger charge is -2.21. The lowest BCUT2D eigenvalue weighted by molar-refractivity contribution is 0.456. The van der Waals surface area contributed by atoms with Crippen LogP contribution in [-0.2, 0) is 0 Å². The van der Waals surface area contributed by atoms with Crippen LogP contribution in [0, 0.1) is 5.92 Å². The van der Waals surface area contributed by atoms with E-state index >= 15 is 0 Å². The summed E-state index contributed by atoms with van der Waals surface area (Å²) in [5.74, 6) is 2.07. The summed E-state index contributed by atoms with van der Waals surface area (Å²) in [7, 11) is 0. The molecular formula is C12H27NS. The Bertz CT molecular complexity index is 125. The van der Waals surface area contributed by atoms with E-state index in [1.807, 2.05) is 0 Å². The van der Waals surface area contributed by atoms with Crippen molar-refractivity contribution in [3.63, 3.8) is 0 Å². The SMILES string of the molecule is CCNC(CSC(C)CC)CC(C)C. The fourth-order valence-corrected chi connectivity index (χ4v) is 2.52. The topological polar surface area (TPSA) is 12.0 Å². The standard InChI is InChI=1S/C12H27NS/c1-6-11(5)14-9-12(13-7-2)8-10(3)4/h10-13H,6-9H2,1-5H3. The first-order chi connectivity index (χ1) is 6.60. The largest absolute Gasteiger partial charge is 0.313 e. The molecule has 0 saturated carbocycles. The summed E-state index contributed by atoms with van der Waals surface area (Å²) in [5.41, 5.74) is 0. The van der Waals surface area contributed by atoms with Crippen molar-refractivity contribution < 1.29 is 0 Å². The molecule has 0 aliphatic rings. The maximum Gasteiger partial charge on any atom is 0.0160 e. The van der Waals surface area contributed by atoms with E-state index < -0.39 is 0 Å². The molecule has 1 nitrogen and oxygen atoms in total. The molecule has 0 rings (SSSR count). The molecule has 2 atom stereocenters. The lowest BCUT2D eigenvalue weighted by Crippen LogP contribution is -2.33. The summed E-state index contributed by atoms with van der Waals surface area (Å²) >= 11 is 2.10. The Labute approximate surface area is 94.4 Å². The zero-order valence-corrected chi connectivity index (χ0v) is 11.3. The normalized spacial score (nSPS) is 15.9. The molecule has 0 amide bonds. The van der Waals surface area contributed by atoms with Gasteiger partial charge >= 0.3 is 0 Å². The predicted octanol–water partition coefficient (Wildman–Crippen LogP) is 3.54. The highest BCUT2D eigenvalue weighted by Gasteiger charge is 2.11. The van der Waals surface area contributed by atoms with Gasteiger partial charge in [0.25, 0.3) is 0 Å². The van der Waals surface area contributed by atoms with Gasteiger partial charge in [-0.15, -0.1) is 0 Å².